The SMILES string of the molecule is Cc1nn(CCCNC(=O)c2[nH]ncc2Br)c(C)c1Br. The summed E-state index contributed by atoms with van der Waals surface area (Å²) in [6.45, 7) is 5.33. The van der Waals surface area contributed by atoms with Gasteiger partial charge in [-0.2, -0.15) is 10.2 Å². The number of H-pyrrole nitrogens is 1. The van der Waals surface area contributed by atoms with Crippen molar-refractivity contribution in [2.45, 2.75) is 26.8 Å². The zero-order chi connectivity index (χ0) is 14.7. The largest absolute Gasteiger partial charge is 0.351 e. The molecule has 2 N–H and O–H groups in total. The van der Waals surface area contributed by atoms with Crippen LogP contribution < -0.4 is 5.32 Å². The minimum absolute atomic E-state index is 0.163. The second-order valence-corrected chi connectivity index (χ2v) is 6.06. The maximum absolute atomic E-state index is 11.8. The van der Waals surface area contributed by atoms with Gasteiger partial charge in [0.25, 0.3) is 5.91 Å². The molecule has 0 fully saturated rings. The van der Waals surface area contributed by atoms with E-state index in [1.807, 2.05) is 18.5 Å². The van der Waals surface area contributed by atoms with Crippen LogP contribution in [0.2, 0.25) is 0 Å². The Morgan fingerprint density at radius 1 is 1.45 bits per heavy atom. The van der Waals surface area contributed by atoms with Gasteiger partial charge in [0.2, 0.25) is 0 Å². The van der Waals surface area contributed by atoms with Crippen LogP contribution in [0, 0.1) is 13.8 Å². The maximum atomic E-state index is 11.8. The average Bonchev–Trinajstić information content (AvgIpc) is 2.94. The van der Waals surface area contributed by atoms with Crippen LogP contribution in [-0.4, -0.2) is 32.4 Å². The van der Waals surface area contributed by atoms with E-state index in [1.165, 1.54) is 0 Å². The topological polar surface area (TPSA) is 75.6 Å². The van der Waals surface area contributed by atoms with E-state index in [4.69, 9.17) is 0 Å². The molecule has 1 amide bonds. The summed E-state index contributed by atoms with van der Waals surface area (Å²) in [7, 11) is 0. The van der Waals surface area contributed by atoms with Gasteiger partial charge in [0.05, 0.1) is 20.8 Å². The fourth-order valence-corrected chi connectivity index (χ4v) is 2.50. The van der Waals surface area contributed by atoms with Gasteiger partial charge >= 0.3 is 0 Å². The fourth-order valence-electron chi connectivity index (χ4n) is 1.84. The number of amides is 1. The van der Waals surface area contributed by atoms with E-state index in [9.17, 15) is 4.79 Å². The second-order valence-electron chi connectivity index (χ2n) is 4.41. The third-order valence-electron chi connectivity index (χ3n) is 2.95. The van der Waals surface area contributed by atoms with Crippen molar-refractivity contribution in [3.05, 3.63) is 32.2 Å². The Kier molecular flexibility index (Phi) is 4.98. The molecular formula is C12H15Br2N5O. The summed E-state index contributed by atoms with van der Waals surface area (Å²) in [6.07, 6.45) is 2.37. The van der Waals surface area contributed by atoms with Crippen LogP contribution in [0.4, 0.5) is 0 Å². The number of hydrogen-bond donors (Lipinski definition) is 2. The smallest absolute Gasteiger partial charge is 0.270 e. The van der Waals surface area contributed by atoms with E-state index in [0.717, 1.165) is 28.8 Å². The highest BCUT2D eigenvalue weighted by molar-refractivity contribution is 9.10. The van der Waals surface area contributed by atoms with Crippen molar-refractivity contribution in [3.63, 3.8) is 0 Å². The number of halogens is 2. The molecule has 108 valence electrons. The van der Waals surface area contributed by atoms with Gasteiger partial charge < -0.3 is 5.32 Å². The second kappa shape index (κ2) is 6.53. The van der Waals surface area contributed by atoms with Gasteiger partial charge in [-0.25, -0.2) is 0 Å². The number of rotatable bonds is 5. The van der Waals surface area contributed by atoms with Crippen LogP contribution in [0.1, 0.15) is 28.3 Å². The molecule has 0 spiro atoms. The summed E-state index contributed by atoms with van der Waals surface area (Å²) in [5, 5.41) is 13.7. The van der Waals surface area contributed by atoms with Crippen LogP contribution in [0.25, 0.3) is 0 Å². The molecule has 0 atom stereocenters. The van der Waals surface area contributed by atoms with Gasteiger partial charge in [0, 0.05) is 18.8 Å². The quantitative estimate of drug-likeness (QED) is 0.752. The third-order valence-corrected chi connectivity index (χ3v) is 4.69. The molecular weight excluding hydrogens is 390 g/mol. The molecule has 0 bridgehead atoms. The molecule has 0 aliphatic rings. The van der Waals surface area contributed by atoms with Crippen LogP contribution in [0.3, 0.4) is 0 Å². The Morgan fingerprint density at radius 3 is 2.75 bits per heavy atom. The standard InChI is InChI=1S/C12H15Br2N5O/c1-7-10(14)8(2)19(18-7)5-3-4-15-12(20)11-9(13)6-16-17-11/h6H,3-5H2,1-2H3,(H,15,20)(H,16,17). The van der Waals surface area contributed by atoms with Crippen LogP contribution >= 0.6 is 31.9 Å². The van der Waals surface area contributed by atoms with E-state index >= 15 is 0 Å². The van der Waals surface area contributed by atoms with E-state index in [0.29, 0.717) is 16.7 Å². The molecule has 20 heavy (non-hydrogen) atoms. The molecule has 2 rings (SSSR count). The molecule has 0 radical (unpaired) electrons. The van der Waals surface area contributed by atoms with E-state index in [2.05, 4.69) is 52.5 Å². The van der Waals surface area contributed by atoms with Crippen molar-refractivity contribution in [1.29, 1.82) is 0 Å². The molecule has 2 heterocycles. The number of aryl methyl sites for hydroxylation is 2. The summed E-state index contributed by atoms with van der Waals surface area (Å²) in [5.74, 6) is -0.163. The summed E-state index contributed by atoms with van der Waals surface area (Å²) in [5.41, 5.74) is 2.52. The van der Waals surface area contributed by atoms with Gasteiger partial charge in [0.15, 0.2) is 0 Å². The monoisotopic (exact) mass is 403 g/mol. The Morgan fingerprint density at radius 2 is 2.20 bits per heavy atom. The molecule has 0 aliphatic heterocycles. The predicted octanol–water partition coefficient (Wildman–Crippen LogP) is 2.57. The Labute approximate surface area is 133 Å². The summed E-state index contributed by atoms with van der Waals surface area (Å²) in [4.78, 5) is 11.8. The Hall–Kier alpha value is -1.15. The first-order valence-electron chi connectivity index (χ1n) is 6.17. The highest BCUT2D eigenvalue weighted by atomic mass is 79.9. The van der Waals surface area contributed by atoms with Gasteiger partial charge in [-0.3, -0.25) is 14.6 Å². The first-order chi connectivity index (χ1) is 9.50. The zero-order valence-corrected chi connectivity index (χ0v) is 14.4. The van der Waals surface area contributed by atoms with Crippen LogP contribution in [0.5, 0.6) is 0 Å². The van der Waals surface area contributed by atoms with E-state index in [1.54, 1.807) is 6.20 Å². The van der Waals surface area contributed by atoms with Crippen molar-refractivity contribution < 1.29 is 4.79 Å². The molecule has 6 nitrogen and oxygen atoms in total. The highest BCUT2D eigenvalue weighted by Crippen LogP contribution is 2.19. The number of carbonyl (C=O) groups is 1. The lowest BCUT2D eigenvalue weighted by molar-refractivity contribution is 0.0947. The number of nitrogens with zero attached hydrogens (tertiary/aromatic N) is 3. The number of nitrogens with one attached hydrogen (secondary N) is 2. The molecule has 0 saturated heterocycles. The van der Waals surface area contributed by atoms with Crippen molar-refractivity contribution in [2.24, 2.45) is 0 Å². The minimum Gasteiger partial charge on any atom is -0.351 e. The Balaban J connectivity index is 1.81. The van der Waals surface area contributed by atoms with E-state index in [-0.39, 0.29) is 5.91 Å². The lowest BCUT2D eigenvalue weighted by Gasteiger charge is -2.06. The van der Waals surface area contributed by atoms with Crippen LogP contribution in [-0.2, 0) is 6.54 Å². The highest BCUT2D eigenvalue weighted by Gasteiger charge is 2.11. The average molecular weight is 405 g/mol. The first-order valence-corrected chi connectivity index (χ1v) is 7.76. The van der Waals surface area contributed by atoms with Crippen molar-refractivity contribution in [2.75, 3.05) is 6.54 Å². The lowest BCUT2D eigenvalue weighted by Crippen LogP contribution is -2.26. The van der Waals surface area contributed by atoms with Crippen molar-refractivity contribution >= 4 is 37.8 Å². The van der Waals surface area contributed by atoms with Gasteiger partial charge in [-0.1, -0.05) is 0 Å². The zero-order valence-electron chi connectivity index (χ0n) is 11.2. The molecule has 2 aromatic heterocycles. The fraction of sp³-hybridized carbons (Fsp3) is 0.417. The molecule has 0 saturated carbocycles. The molecule has 0 unspecified atom stereocenters. The number of hydrogen-bond acceptors (Lipinski definition) is 3. The van der Waals surface area contributed by atoms with E-state index < -0.39 is 0 Å². The Bertz CT molecular complexity index is 619. The molecule has 0 aliphatic carbocycles. The summed E-state index contributed by atoms with van der Waals surface area (Å²) >= 11 is 6.76. The lowest BCUT2D eigenvalue weighted by atomic mass is 10.3. The number of carbonyl (C=O) groups excluding carboxylic acids is 1. The van der Waals surface area contributed by atoms with Gasteiger partial charge in [-0.15, -0.1) is 0 Å². The molecule has 8 heteroatoms. The van der Waals surface area contributed by atoms with Crippen molar-refractivity contribution in [1.82, 2.24) is 25.3 Å². The number of aromatic amines is 1. The van der Waals surface area contributed by atoms with Crippen LogP contribution in [0.15, 0.2) is 15.1 Å². The minimum atomic E-state index is -0.163. The molecule has 2 aromatic rings. The van der Waals surface area contributed by atoms with Gasteiger partial charge in [-0.05, 0) is 52.1 Å². The number of aromatic nitrogens is 4. The maximum Gasteiger partial charge on any atom is 0.270 e. The summed E-state index contributed by atoms with van der Waals surface area (Å²) in [6, 6.07) is 0. The normalized spacial score (nSPS) is 10.8. The predicted molar refractivity (Wildman–Crippen MR) is 82.6 cm³/mol. The summed E-state index contributed by atoms with van der Waals surface area (Å²) < 4.78 is 3.65. The van der Waals surface area contributed by atoms with Crippen molar-refractivity contribution in [3.8, 4) is 0 Å². The first kappa shape index (κ1) is 15.2. The molecule has 0 aromatic carbocycles. The van der Waals surface area contributed by atoms with Gasteiger partial charge in [0.1, 0.15) is 5.69 Å². The third kappa shape index (κ3) is 3.29.